The fourth-order valence-corrected chi connectivity index (χ4v) is 10.4. The Labute approximate surface area is 368 Å². The smallest absolute Gasteiger partial charge is 0.0714 e. The Balaban J connectivity index is 1.14. The van der Waals surface area contributed by atoms with Gasteiger partial charge in [0.1, 0.15) is 0 Å². The molecule has 1 aromatic heterocycles. The zero-order valence-corrected chi connectivity index (χ0v) is 34.6. The van der Waals surface area contributed by atoms with Crippen LogP contribution in [0.1, 0.15) is 22.3 Å². The first-order valence-corrected chi connectivity index (χ1v) is 21.8. The van der Waals surface area contributed by atoms with Gasteiger partial charge in [0.05, 0.1) is 22.1 Å². The Kier molecular flexibility index (Phi) is 8.76. The van der Waals surface area contributed by atoms with E-state index >= 15 is 0 Å². The van der Waals surface area contributed by atoms with E-state index < -0.39 is 5.41 Å². The van der Waals surface area contributed by atoms with Gasteiger partial charge in [-0.3, -0.25) is 0 Å². The molecule has 11 aromatic rings. The van der Waals surface area contributed by atoms with Gasteiger partial charge in [-0.05, 0) is 98.6 Å². The summed E-state index contributed by atoms with van der Waals surface area (Å²) in [5.41, 5.74) is 18.5. The van der Waals surface area contributed by atoms with Crippen LogP contribution < -0.4 is 4.90 Å². The van der Waals surface area contributed by atoms with E-state index in [-0.39, 0.29) is 0 Å². The summed E-state index contributed by atoms with van der Waals surface area (Å²) in [6.07, 6.45) is 0. The molecule has 296 valence electrons. The molecule has 12 rings (SSSR count). The predicted molar refractivity (Wildman–Crippen MR) is 264 cm³/mol. The molecule has 0 atom stereocenters. The van der Waals surface area contributed by atoms with Crippen LogP contribution in [0.15, 0.2) is 255 Å². The average Bonchev–Trinajstić information content (AvgIpc) is 3.85. The number of rotatable bonds is 8. The number of fused-ring (bicyclic) bond motifs is 6. The molecule has 63 heavy (non-hydrogen) atoms. The molecule has 1 aliphatic carbocycles. The first-order chi connectivity index (χ1) is 31.3. The number of aromatic nitrogens is 1. The average molecular weight is 803 g/mol. The van der Waals surface area contributed by atoms with Gasteiger partial charge in [-0.1, -0.05) is 206 Å². The maximum Gasteiger partial charge on any atom is 0.0714 e. The van der Waals surface area contributed by atoms with Gasteiger partial charge >= 0.3 is 0 Å². The highest BCUT2D eigenvalue weighted by molar-refractivity contribution is 6.10. The Morgan fingerprint density at radius 1 is 0.317 bits per heavy atom. The zero-order chi connectivity index (χ0) is 41.7. The lowest BCUT2D eigenvalue weighted by molar-refractivity contribution is 0.768. The first-order valence-electron chi connectivity index (χ1n) is 21.8. The molecule has 0 fully saturated rings. The van der Waals surface area contributed by atoms with Crippen molar-refractivity contribution in [2.24, 2.45) is 0 Å². The third-order valence-corrected chi connectivity index (χ3v) is 13.1. The Hall–Kier alpha value is -8.20. The molecule has 0 radical (unpaired) electrons. The quantitative estimate of drug-likeness (QED) is 0.149. The first kappa shape index (κ1) is 36.6. The molecule has 0 bridgehead atoms. The van der Waals surface area contributed by atoms with Gasteiger partial charge in [0.15, 0.2) is 0 Å². The molecule has 0 spiro atoms. The fraction of sp³-hybridized carbons (Fsp3) is 0.0164. The van der Waals surface area contributed by atoms with Gasteiger partial charge in [0.25, 0.3) is 0 Å². The Morgan fingerprint density at radius 2 is 0.857 bits per heavy atom. The van der Waals surface area contributed by atoms with Crippen LogP contribution >= 0.6 is 0 Å². The van der Waals surface area contributed by atoms with Gasteiger partial charge in [0.2, 0.25) is 0 Å². The highest BCUT2D eigenvalue weighted by Gasteiger charge is 2.46. The lowest BCUT2D eigenvalue weighted by Crippen LogP contribution is -2.28. The molecule has 0 amide bonds. The van der Waals surface area contributed by atoms with Gasteiger partial charge < -0.3 is 9.47 Å². The molecule has 0 saturated carbocycles. The van der Waals surface area contributed by atoms with Crippen LogP contribution in [0.2, 0.25) is 0 Å². The van der Waals surface area contributed by atoms with Gasteiger partial charge in [-0.15, -0.1) is 0 Å². The van der Waals surface area contributed by atoms with Crippen molar-refractivity contribution in [2.45, 2.75) is 5.41 Å². The predicted octanol–water partition coefficient (Wildman–Crippen LogP) is 16.0. The second-order valence-corrected chi connectivity index (χ2v) is 16.4. The van der Waals surface area contributed by atoms with Crippen LogP contribution in [0.3, 0.4) is 0 Å². The number of hydrogen-bond acceptors (Lipinski definition) is 1. The molecule has 1 heterocycles. The van der Waals surface area contributed by atoms with Crippen molar-refractivity contribution in [3.05, 3.63) is 277 Å². The Morgan fingerprint density at radius 3 is 1.60 bits per heavy atom. The Bertz CT molecular complexity index is 3400. The number of benzene rings is 10. The van der Waals surface area contributed by atoms with E-state index in [1.165, 1.54) is 66.4 Å². The minimum absolute atomic E-state index is 0.533. The number of anilines is 3. The van der Waals surface area contributed by atoms with Crippen molar-refractivity contribution in [1.82, 2.24) is 4.57 Å². The molecule has 2 heteroatoms. The van der Waals surface area contributed by atoms with Crippen LogP contribution in [-0.2, 0) is 5.41 Å². The third kappa shape index (κ3) is 5.87. The van der Waals surface area contributed by atoms with Crippen LogP contribution in [0.5, 0.6) is 0 Å². The summed E-state index contributed by atoms with van der Waals surface area (Å²) >= 11 is 0. The van der Waals surface area contributed by atoms with Crippen LogP contribution in [0.4, 0.5) is 17.1 Å². The second-order valence-electron chi connectivity index (χ2n) is 16.4. The van der Waals surface area contributed by atoms with Crippen molar-refractivity contribution >= 4 is 38.9 Å². The SMILES string of the molecule is c1ccc(-c2cccc(-n3c4ccccc4c4ccc(N(c5ccc6c(c5)C(c5ccccc5)(c5ccccc5)c5ccccc5-6)c5ccccc5-c5ccccc5)cc43)c2)cc1. The topological polar surface area (TPSA) is 8.17 Å². The van der Waals surface area contributed by atoms with Crippen LogP contribution in [0, 0.1) is 0 Å². The standard InChI is InChI=1S/C61H42N2/c1-5-20-43(21-6-1)45-24-19-29-48(40-45)63-59-35-18-15-32-54(59)55-39-37-50(42-60(55)63)62(58-34-17-14-30-51(58)44-22-7-2-8-23-44)49-36-38-53-52-31-13-16-33-56(52)61(57(53)41-49,46-25-9-3-10-26-46)47-27-11-4-12-28-47/h1-42H. The minimum Gasteiger partial charge on any atom is -0.310 e. The summed E-state index contributed by atoms with van der Waals surface area (Å²) < 4.78 is 2.44. The summed E-state index contributed by atoms with van der Waals surface area (Å²) in [6, 6.07) is 93.4. The van der Waals surface area contributed by atoms with Crippen molar-refractivity contribution < 1.29 is 0 Å². The number of nitrogens with zero attached hydrogens (tertiary/aromatic N) is 2. The lowest BCUT2D eigenvalue weighted by Gasteiger charge is -2.35. The molecule has 0 saturated heterocycles. The molecule has 0 aliphatic heterocycles. The molecule has 10 aromatic carbocycles. The zero-order valence-electron chi connectivity index (χ0n) is 34.6. The number of para-hydroxylation sites is 2. The molecule has 1 aliphatic rings. The van der Waals surface area contributed by atoms with Gasteiger partial charge in [-0.2, -0.15) is 0 Å². The van der Waals surface area contributed by atoms with Crippen molar-refractivity contribution in [3.63, 3.8) is 0 Å². The minimum atomic E-state index is -0.533. The van der Waals surface area contributed by atoms with Crippen molar-refractivity contribution in [3.8, 4) is 39.1 Å². The molecule has 0 unspecified atom stereocenters. The molecule has 0 N–H and O–H groups in total. The third-order valence-electron chi connectivity index (χ3n) is 13.1. The van der Waals surface area contributed by atoms with E-state index in [1.54, 1.807) is 0 Å². The van der Waals surface area contributed by atoms with Crippen LogP contribution in [0.25, 0.3) is 60.9 Å². The van der Waals surface area contributed by atoms with Crippen LogP contribution in [-0.4, -0.2) is 4.57 Å². The molecule has 2 nitrogen and oxygen atoms in total. The normalized spacial score (nSPS) is 12.6. The highest BCUT2D eigenvalue weighted by atomic mass is 15.1. The highest BCUT2D eigenvalue weighted by Crippen LogP contribution is 2.57. The van der Waals surface area contributed by atoms with E-state index in [9.17, 15) is 0 Å². The molecular formula is C61H42N2. The van der Waals surface area contributed by atoms with E-state index in [1.807, 2.05) is 0 Å². The number of hydrogen-bond donors (Lipinski definition) is 0. The van der Waals surface area contributed by atoms with Crippen molar-refractivity contribution in [2.75, 3.05) is 4.90 Å². The summed E-state index contributed by atoms with van der Waals surface area (Å²) in [5, 5.41) is 2.44. The van der Waals surface area contributed by atoms with E-state index in [0.29, 0.717) is 0 Å². The summed E-state index contributed by atoms with van der Waals surface area (Å²) in [6.45, 7) is 0. The maximum absolute atomic E-state index is 2.48. The second kappa shape index (κ2) is 15.1. The van der Waals surface area contributed by atoms with E-state index in [0.717, 1.165) is 33.8 Å². The largest absolute Gasteiger partial charge is 0.310 e. The summed E-state index contributed by atoms with van der Waals surface area (Å²) in [5.74, 6) is 0. The fourth-order valence-electron chi connectivity index (χ4n) is 10.4. The van der Waals surface area contributed by atoms with Gasteiger partial charge in [-0.25, -0.2) is 0 Å². The van der Waals surface area contributed by atoms with Crippen molar-refractivity contribution in [1.29, 1.82) is 0 Å². The van der Waals surface area contributed by atoms with Gasteiger partial charge in [0, 0.05) is 33.4 Å². The summed E-state index contributed by atoms with van der Waals surface area (Å²) in [7, 11) is 0. The monoisotopic (exact) mass is 802 g/mol. The van der Waals surface area contributed by atoms with E-state index in [2.05, 4.69) is 264 Å². The maximum atomic E-state index is 2.48. The lowest BCUT2D eigenvalue weighted by atomic mass is 9.67. The van der Waals surface area contributed by atoms with E-state index in [4.69, 9.17) is 0 Å². The summed E-state index contributed by atoms with van der Waals surface area (Å²) in [4.78, 5) is 2.48. The molecular weight excluding hydrogens is 761 g/mol.